The van der Waals surface area contributed by atoms with E-state index < -0.39 is 30.3 Å². The first-order chi connectivity index (χ1) is 13.9. The van der Waals surface area contributed by atoms with Crippen LogP contribution in [0.2, 0.25) is 5.02 Å². The number of carbonyl (C=O) groups is 4. The average Bonchev–Trinajstić information content (AvgIpc) is 2.72. The first-order valence-electron chi connectivity index (χ1n) is 8.64. The fourth-order valence-electron chi connectivity index (χ4n) is 2.20. The van der Waals surface area contributed by atoms with Gasteiger partial charge in [-0.2, -0.15) is 0 Å². The number of halogens is 1. The van der Waals surface area contributed by atoms with Gasteiger partial charge in [-0.1, -0.05) is 41.9 Å². The predicted octanol–water partition coefficient (Wildman–Crippen LogP) is 1.71. The summed E-state index contributed by atoms with van der Waals surface area (Å²) in [7, 11) is 1.40. The average molecular weight is 418 g/mol. The molecule has 29 heavy (non-hydrogen) atoms. The summed E-state index contributed by atoms with van der Waals surface area (Å²) in [5, 5.41) is 5.37. The van der Waals surface area contributed by atoms with E-state index in [4.69, 9.17) is 16.3 Å². The van der Waals surface area contributed by atoms with Crippen LogP contribution in [0.4, 0.5) is 5.69 Å². The van der Waals surface area contributed by atoms with Crippen molar-refractivity contribution in [3.63, 3.8) is 0 Å². The Balaban J connectivity index is 1.70. The smallest absolute Gasteiger partial charge is 0.325 e. The molecule has 0 aliphatic carbocycles. The van der Waals surface area contributed by atoms with Crippen molar-refractivity contribution in [3.8, 4) is 0 Å². The maximum atomic E-state index is 12.0. The van der Waals surface area contributed by atoms with Gasteiger partial charge in [0, 0.05) is 12.6 Å². The third-order valence-electron chi connectivity index (χ3n) is 3.74. The minimum absolute atomic E-state index is 0.244. The van der Waals surface area contributed by atoms with Crippen molar-refractivity contribution in [1.82, 2.24) is 10.2 Å². The lowest BCUT2D eigenvalue weighted by atomic mass is 10.2. The molecule has 0 unspecified atom stereocenters. The Morgan fingerprint density at radius 1 is 1.00 bits per heavy atom. The SMILES string of the molecule is CN(CC(=O)Nc1ccccc1Cl)C(=O)COC(=O)CNC(=O)c1ccccc1. The van der Waals surface area contributed by atoms with Crippen molar-refractivity contribution in [2.75, 3.05) is 32.1 Å². The molecule has 0 aromatic heterocycles. The number of rotatable bonds is 8. The molecule has 0 saturated heterocycles. The summed E-state index contributed by atoms with van der Waals surface area (Å²) < 4.78 is 4.83. The van der Waals surface area contributed by atoms with Gasteiger partial charge in [0.2, 0.25) is 5.91 Å². The Kier molecular flexibility index (Phi) is 8.17. The van der Waals surface area contributed by atoms with Gasteiger partial charge in [-0.05, 0) is 24.3 Å². The third-order valence-corrected chi connectivity index (χ3v) is 4.07. The monoisotopic (exact) mass is 417 g/mol. The highest BCUT2D eigenvalue weighted by Crippen LogP contribution is 2.20. The number of carbonyl (C=O) groups excluding carboxylic acids is 4. The number of hydrogen-bond donors (Lipinski definition) is 2. The van der Waals surface area contributed by atoms with Gasteiger partial charge in [0.25, 0.3) is 11.8 Å². The van der Waals surface area contributed by atoms with Gasteiger partial charge in [0.05, 0.1) is 17.3 Å². The van der Waals surface area contributed by atoms with E-state index in [1.54, 1.807) is 54.6 Å². The van der Waals surface area contributed by atoms with E-state index in [1.165, 1.54) is 7.05 Å². The minimum Gasteiger partial charge on any atom is -0.454 e. The van der Waals surface area contributed by atoms with Crippen molar-refractivity contribution in [2.24, 2.45) is 0 Å². The van der Waals surface area contributed by atoms with Crippen LogP contribution in [0.3, 0.4) is 0 Å². The lowest BCUT2D eigenvalue weighted by Gasteiger charge is -2.17. The van der Waals surface area contributed by atoms with E-state index in [0.717, 1.165) is 4.90 Å². The van der Waals surface area contributed by atoms with Crippen LogP contribution in [0.1, 0.15) is 10.4 Å². The minimum atomic E-state index is -0.767. The Morgan fingerprint density at radius 2 is 1.66 bits per heavy atom. The van der Waals surface area contributed by atoms with Gasteiger partial charge < -0.3 is 20.3 Å². The highest BCUT2D eigenvalue weighted by atomic mass is 35.5. The highest BCUT2D eigenvalue weighted by Gasteiger charge is 2.16. The fourth-order valence-corrected chi connectivity index (χ4v) is 2.39. The standard InChI is InChI=1S/C20H20ClN3O5/c1-24(12-17(25)23-16-10-6-5-9-15(16)21)18(26)13-29-19(27)11-22-20(28)14-7-3-2-4-8-14/h2-10H,11-13H2,1H3,(H,22,28)(H,23,25). The summed E-state index contributed by atoms with van der Waals surface area (Å²) in [4.78, 5) is 48.7. The normalized spacial score (nSPS) is 10.0. The number of anilines is 1. The quantitative estimate of drug-likeness (QED) is 0.636. The summed E-state index contributed by atoms with van der Waals surface area (Å²) in [5.74, 6) is -2.21. The molecule has 9 heteroatoms. The third kappa shape index (κ3) is 7.27. The van der Waals surface area contributed by atoms with Crippen LogP contribution in [0.25, 0.3) is 0 Å². The summed E-state index contributed by atoms with van der Waals surface area (Å²) >= 11 is 5.96. The lowest BCUT2D eigenvalue weighted by Crippen LogP contribution is -2.38. The van der Waals surface area contributed by atoms with E-state index in [9.17, 15) is 19.2 Å². The molecule has 0 saturated carbocycles. The van der Waals surface area contributed by atoms with Crippen LogP contribution in [-0.4, -0.2) is 55.3 Å². The van der Waals surface area contributed by atoms with Crippen molar-refractivity contribution < 1.29 is 23.9 Å². The largest absolute Gasteiger partial charge is 0.454 e. The first-order valence-corrected chi connectivity index (χ1v) is 9.02. The molecule has 8 nitrogen and oxygen atoms in total. The topological polar surface area (TPSA) is 105 Å². The number of amides is 3. The zero-order valence-electron chi connectivity index (χ0n) is 15.7. The molecule has 0 aliphatic heterocycles. The van der Waals surface area contributed by atoms with Gasteiger partial charge in [0.1, 0.15) is 6.54 Å². The second-order valence-corrected chi connectivity index (χ2v) is 6.39. The highest BCUT2D eigenvalue weighted by molar-refractivity contribution is 6.33. The van der Waals surface area contributed by atoms with Gasteiger partial charge in [-0.25, -0.2) is 0 Å². The molecule has 2 rings (SSSR count). The van der Waals surface area contributed by atoms with Gasteiger partial charge in [0.15, 0.2) is 6.61 Å². The zero-order valence-corrected chi connectivity index (χ0v) is 16.4. The van der Waals surface area contributed by atoms with Gasteiger partial charge in [-0.15, -0.1) is 0 Å². The molecular weight excluding hydrogens is 398 g/mol. The maximum absolute atomic E-state index is 12.0. The van der Waals surface area contributed by atoms with Crippen LogP contribution < -0.4 is 10.6 Å². The maximum Gasteiger partial charge on any atom is 0.325 e. The fraction of sp³-hybridized carbons (Fsp3) is 0.200. The second kappa shape index (κ2) is 10.8. The van der Waals surface area contributed by atoms with E-state index in [1.807, 2.05) is 0 Å². The lowest BCUT2D eigenvalue weighted by molar-refractivity contribution is -0.150. The zero-order chi connectivity index (χ0) is 21.2. The number of ether oxygens (including phenoxy) is 1. The molecule has 2 aromatic carbocycles. The molecule has 0 aliphatic rings. The number of nitrogens with zero attached hydrogens (tertiary/aromatic N) is 1. The van der Waals surface area contributed by atoms with Crippen LogP contribution in [0.15, 0.2) is 54.6 Å². The molecule has 152 valence electrons. The Labute approximate surface area is 172 Å². The van der Waals surface area contributed by atoms with Crippen LogP contribution in [0, 0.1) is 0 Å². The Morgan fingerprint density at radius 3 is 2.34 bits per heavy atom. The number of esters is 1. The molecule has 2 N–H and O–H groups in total. The summed E-state index contributed by atoms with van der Waals surface area (Å²) in [5.41, 5.74) is 0.834. The number of nitrogens with one attached hydrogen (secondary N) is 2. The summed E-state index contributed by atoms with van der Waals surface area (Å²) in [6.45, 7) is -1.17. The molecule has 2 aromatic rings. The van der Waals surface area contributed by atoms with E-state index in [2.05, 4.69) is 10.6 Å². The number of benzene rings is 2. The summed E-state index contributed by atoms with van der Waals surface area (Å²) in [6.07, 6.45) is 0. The molecule has 3 amide bonds. The molecule has 0 fully saturated rings. The summed E-state index contributed by atoms with van der Waals surface area (Å²) in [6, 6.07) is 15.1. The molecule has 0 bridgehead atoms. The Bertz CT molecular complexity index is 889. The van der Waals surface area contributed by atoms with Crippen LogP contribution >= 0.6 is 11.6 Å². The van der Waals surface area contributed by atoms with E-state index in [0.29, 0.717) is 16.3 Å². The van der Waals surface area contributed by atoms with Crippen molar-refractivity contribution in [2.45, 2.75) is 0 Å². The Hall–Kier alpha value is -3.39. The van der Waals surface area contributed by atoms with Gasteiger partial charge in [-0.3, -0.25) is 19.2 Å². The number of hydrogen-bond acceptors (Lipinski definition) is 5. The second-order valence-electron chi connectivity index (χ2n) is 5.99. The van der Waals surface area contributed by atoms with Crippen molar-refractivity contribution >= 4 is 41.0 Å². The van der Waals surface area contributed by atoms with Crippen LogP contribution in [0.5, 0.6) is 0 Å². The molecule has 0 heterocycles. The first kappa shape index (κ1) is 21.9. The van der Waals surface area contributed by atoms with Crippen LogP contribution in [-0.2, 0) is 19.1 Å². The molecular formula is C20H20ClN3O5. The molecule has 0 spiro atoms. The molecule has 0 atom stereocenters. The van der Waals surface area contributed by atoms with E-state index in [-0.39, 0.29) is 13.1 Å². The molecule has 0 radical (unpaired) electrons. The van der Waals surface area contributed by atoms with Crippen molar-refractivity contribution in [3.05, 3.63) is 65.2 Å². The number of para-hydroxylation sites is 1. The van der Waals surface area contributed by atoms with Gasteiger partial charge >= 0.3 is 5.97 Å². The van der Waals surface area contributed by atoms with Crippen molar-refractivity contribution in [1.29, 1.82) is 0 Å². The predicted molar refractivity (Wildman–Crippen MR) is 107 cm³/mol. The van der Waals surface area contributed by atoms with E-state index >= 15 is 0 Å². The number of likely N-dealkylation sites (N-methyl/N-ethyl adjacent to an activating group) is 1.